The van der Waals surface area contributed by atoms with Gasteiger partial charge < -0.3 is 4.57 Å². The van der Waals surface area contributed by atoms with Crippen molar-refractivity contribution < 1.29 is 13.2 Å². The molecule has 3 nitrogen and oxygen atoms in total. The Balaban J connectivity index is 1.78. The van der Waals surface area contributed by atoms with E-state index in [-0.39, 0.29) is 16.7 Å². The molecule has 0 bridgehead atoms. The Kier molecular flexibility index (Phi) is 5.38. The summed E-state index contributed by atoms with van der Waals surface area (Å²) in [4.78, 5) is 3.79. The van der Waals surface area contributed by atoms with Crippen LogP contribution in [-0.2, 0) is 13.1 Å². The summed E-state index contributed by atoms with van der Waals surface area (Å²) in [6, 6.07) is 3.79. The van der Waals surface area contributed by atoms with E-state index in [0.717, 1.165) is 35.3 Å². The number of benzene rings is 1. The SMILES string of the molecule is CC(C)(C)Cn1cc(CNSC2CC2)c2cc(F)c(-c3ncc(F)cc3F)cc21. The normalized spacial score (nSPS) is 14.7. The van der Waals surface area contributed by atoms with Gasteiger partial charge in [-0.25, -0.2) is 13.2 Å². The predicted octanol–water partition coefficient (Wildman–Crippen LogP) is 6.07. The molecule has 0 radical (unpaired) electrons. The van der Waals surface area contributed by atoms with E-state index >= 15 is 0 Å². The van der Waals surface area contributed by atoms with Crippen molar-refractivity contribution in [3.8, 4) is 11.3 Å². The molecular weight excluding hydrogens is 395 g/mol. The molecule has 1 N–H and O–H groups in total. The summed E-state index contributed by atoms with van der Waals surface area (Å²) in [7, 11) is 0. The summed E-state index contributed by atoms with van der Waals surface area (Å²) in [5, 5.41) is 1.47. The van der Waals surface area contributed by atoms with Gasteiger partial charge in [-0.3, -0.25) is 9.71 Å². The first-order valence-electron chi connectivity index (χ1n) is 9.72. The number of nitrogens with one attached hydrogen (secondary N) is 1. The number of rotatable bonds is 6. The smallest absolute Gasteiger partial charge is 0.152 e. The van der Waals surface area contributed by atoms with Crippen LogP contribution in [0.3, 0.4) is 0 Å². The van der Waals surface area contributed by atoms with Crippen LogP contribution in [0, 0.1) is 22.9 Å². The van der Waals surface area contributed by atoms with E-state index in [0.29, 0.717) is 11.8 Å². The second-order valence-electron chi connectivity index (χ2n) is 8.81. The molecule has 1 fully saturated rings. The lowest BCUT2D eigenvalue weighted by Crippen LogP contribution is -2.14. The second-order valence-corrected chi connectivity index (χ2v) is 10.0. The van der Waals surface area contributed by atoms with E-state index in [4.69, 9.17) is 0 Å². The average Bonchev–Trinajstić information content (AvgIpc) is 3.38. The summed E-state index contributed by atoms with van der Waals surface area (Å²) in [5.41, 5.74) is 1.67. The van der Waals surface area contributed by atoms with E-state index in [2.05, 4.69) is 35.0 Å². The molecule has 1 aliphatic rings. The quantitative estimate of drug-likeness (QED) is 0.492. The van der Waals surface area contributed by atoms with Gasteiger partial charge in [-0.1, -0.05) is 32.7 Å². The minimum absolute atomic E-state index is 0.00728. The zero-order valence-electron chi connectivity index (χ0n) is 16.7. The van der Waals surface area contributed by atoms with Crippen LogP contribution in [0.1, 0.15) is 39.2 Å². The Morgan fingerprint density at radius 3 is 2.55 bits per heavy atom. The lowest BCUT2D eigenvalue weighted by atomic mass is 9.97. The minimum atomic E-state index is -0.875. The molecule has 4 rings (SSSR count). The van der Waals surface area contributed by atoms with Crippen molar-refractivity contribution in [2.24, 2.45) is 5.41 Å². The molecule has 1 aliphatic carbocycles. The Morgan fingerprint density at radius 2 is 1.90 bits per heavy atom. The molecule has 0 unspecified atom stereocenters. The molecule has 2 aromatic heterocycles. The van der Waals surface area contributed by atoms with E-state index in [1.807, 2.05) is 6.20 Å². The van der Waals surface area contributed by atoms with Gasteiger partial charge in [-0.05, 0) is 36.0 Å². The van der Waals surface area contributed by atoms with Crippen molar-refractivity contribution in [1.82, 2.24) is 14.3 Å². The third kappa shape index (κ3) is 4.61. The molecular formula is C22H24F3N3S. The predicted molar refractivity (Wildman–Crippen MR) is 112 cm³/mol. The maximum Gasteiger partial charge on any atom is 0.152 e. The Bertz CT molecular complexity index is 1050. The van der Waals surface area contributed by atoms with Gasteiger partial charge in [0.05, 0.1) is 6.20 Å². The lowest BCUT2D eigenvalue weighted by Gasteiger charge is -2.20. The number of hydrogen-bond donors (Lipinski definition) is 1. The summed E-state index contributed by atoms with van der Waals surface area (Å²) in [5.74, 6) is -2.23. The van der Waals surface area contributed by atoms with Crippen LogP contribution in [0.25, 0.3) is 22.2 Å². The zero-order chi connectivity index (χ0) is 20.8. The van der Waals surface area contributed by atoms with Gasteiger partial charge in [0, 0.05) is 47.1 Å². The maximum atomic E-state index is 14.9. The Morgan fingerprint density at radius 1 is 1.14 bits per heavy atom. The standard InChI is InChI=1S/C22H24F3N3S/c1-22(2,3)12-28-11-13(9-27-29-15-4-5-15)16-7-18(24)17(8-20(16)28)21-19(25)6-14(23)10-26-21/h6-8,10-11,15,27H,4-5,9,12H2,1-3H3. The highest BCUT2D eigenvalue weighted by atomic mass is 32.2. The number of fused-ring (bicyclic) bond motifs is 1. The van der Waals surface area contributed by atoms with Crippen molar-refractivity contribution in [2.75, 3.05) is 0 Å². The van der Waals surface area contributed by atoms with E-state index in [9.17, 15) is 13.2 Å². The Labute approximate surface area is 172 Å². The monoisotopic (exact) mass is 419 g/mol. The van der Waals surface area contributed by atoms with E-state index < -0.39 is 17.5 Å². The van der Waals surface area contributed by atoms with E-state index in [1.54, 1.807) is 18.0 Å². The lowest BCUT2D eigenvalue weighted by molar-refractivity contribution is 0.349. The fourth-order valence-corrected chi connectivity index (χ4v) is 4.23. The maximum absolute atomic E-state index is 14.9. The summed E-state index contributed by atoms with van der Waals surface area (Å²) in [6.07, 6.45) is 5.41. The number of pyridine rings is 1. The fourth-order valence-electron chi connectivity index (χ4n) is 3.38. The average molecular weight is 420 g/mol. The van der Waals surface area contributed by atoms with E-state index in [1.165, 1.54) is 18.9 Å². The fraction of sp³-hybridized carbons (Fsp3) is 0.409. The van der Waals surface area contributed by atoms with Gasteiger partial charge in [0.25, 0.3) is 0 Å². The molecule has 7 heteroatoms. The summed E-state index contributed by atoms with van der Waals surface area (Å²) < 4.78 is 47.9. The van der Waals surface area contributed by atoms with Crippen LogP contribution in [0.4, 0.5) is 13.2 Å². The third-order valence-corrected chi connectivity index (χ3v) is 5.91. The molecule has 0 aliphatic heterocycles. The van der Waals surface area contributed by atoms with Crippen LogP contribution in [0.2, 0.25) is 0 Å². The van der Waals surface area contributed by atoms with Crippen LogP contribution in [0.5, 0.6) is 0 Å². The summed E-state index contributed by atoms with van der Waals surface area (Å²) >= 11 is 1.73. The number of aromatic nitrogens is 2. The van der Waals surface area contributed by atoms with Crippen molar-refractivity contribution in [1.29, 1.82) is 0 Å². The molecule has 1 aromatic carbocycles. The highest BCUT2D eigenvalue weighted by molar-refractivity contribution is 7.98. The largest absolute Gasteiger partial charge is 0.347 e. The molecule has 3 aromatic rings. The topological polar surface area (TPSA) is 29.9 Å². The first kappa shape index (κ1) is 20.3. The Hall–Kier alpha value is -1.99. The number of hydrogen-bond acceptors (Lipinski definition) is 3. The molecule has 29 heavy (non-hydrogen) atoms. The molecule has 154 valence electrons. The number of nitrogens with zero attached hydrogens (tertiary/aromatic N) is 2. The first-order valence-corrected chi connectivity index (χ1v) is 10.6. The molecule has 2 heterocycles. The first-order chi connectivity index (χ1) is 13.7. The van der Waals surface area contributed by atoms with Crippen LogP contribution >= 0.6 is 11.9 Å². The van der Waals surface area contributed by atoms with Gasteiger partial charge >= 0.3 is 0 Å². The molecule has 0 spiro atoms. The zero-order valence-corrected chi connectivity index (χ0v) is 17.5. The van der Waals surface area contributed by atoms with Crippen molar-refractivity contribution in [3.05, 3.63) is 53.6 Å². The van der Waals surface area contributed by atoms with Crippen LogP contribution in [-0.4, -0.2) is 14.8 Å². The number of halogens is 3. The summed E-state index contributed by atoms with van der Waals surface area (Å²) in [6.45, 7) is 7.74. The molecule has 0 amide bonds. The highest BCUT2D eigenvalue weighted by Crippen LogP contribution is 2.34. The molecule has 0 atom stereocenters. The van der Waals surface area contributed by atoms with Crippen molar-refractivity contribution in [2.45, 2.75) is 52.0 Å². The minimum Gasteiger partial charge on any atom is -0.347 e. The van der Waals surface area contributed by atoms with Crippen molar-refractivity contribution in [3.63, 3.8) is 0 Å². The van der Waals surface area contributed by atoms with Gasteiger partial charge in [-0.2, -0.15) is 0 Å². The third-order valence-electron chi connectivity index (χ3n) is 4.80. The second kappa shape index (κ2) is 7.69. The highest BCUT2D eigenvalue weighted by Gasteiger charge is 2.23. The van der Waals surface area contributed by atoms with Gasteiger partial charge in [0.1, 0.15) is 17.3 Å². The van der Waals surface area contributed by atoms with Crippen molar-refractivity contribution >= 4 is 22.9 Å². The molecule has 0 saturated heterocycles. The van der Waals surface area contributed by atoms with Gasteiger partial charge in [0.15, 0.2) is 5.82 Å². The van der Waals surface area contributed by atoms with Gasteiger partial charge in [-0.15, -0.1) is 0 Å². The van der Waals surface area contributed by atoms with Crippen LogP contribution < -0.4 is 4.72 Å². The molecule has 1 saturated carbocycles. The van der Waals surface area contributed by atoms with Gasteiger partial charge in [0.2, 0.25) is 0 Å². The van der Waals surface area contributed by atoms with Crippen LogP contribution in [0.15, 0.2) is 30.6 Å².